The van der Waals surface area contributed by atoms with Gasteiger partial charge in [0.2, 0.25) is 5.91 Å². The van der Waals surface area contributed by atoms with Gasteiger partial charge < -0.3 is 19.7 Å². The lowest BCUT2D eigenvalue weighted by atomic mass is 10.1. The van der Waals surface area contributed by atoms with E-state index in [2.05, 4.69) is 5.32 Å². The van der Waals surface area contributed by atoms with Crippen molar-refractivity contribution in [2.75, 3.05) is 19.7 Å². The maximum Gasteiger partial charge on any atom is 0.410 e. The zero-order valence-corrected chi connectivity index (χ0v) is 14.1. The van der Waals surface area contributed by atoms with Crippen molar-refractivity contribution in [2.24, 2.45) is 0 Å². The summed E-state index contributed by atoms with van der Waals surface area (Å²) in [5, 5.41) is 2.94. The van der Waals surface area contributed by atoms with Crippen molar-refractivity contribution < 1.29 is 19.1 Å². The SMILES string of the molecule is CC(C)(C)OC(=O)N1CCC(C)(OCCC(=O)NC2CC2)C1. The largest absolute Gasteiger partial charge is 0.444 e. The molecule has 0 aromatic heterocycles. The molecule has 6 nitrogen and oxygen atoms in total. The quantitative estimate of drug-likeness (QED) is 0.844. The third kappa shape index (κ3) is 5.48. The molecule has 1 saturated heterocycles. The summed E-state index contributed by atoms with van der Waals surface area (Å²) >= 11 is 0. The minimum absolute atomic E-state index is 0.0492. The average molecular weight is 312 g/mol. The number of ether oxygens (including phenoxy) is 2. The Bertz CT molecular complexity index is 428. The molecule has 1 heterocycles. The summed E-state index contributed by atoms with van der Waals surface area (Å²) in [5.74, 6) is 0.0492. The van der Waals surface area contributed by atoms with Gasteiger partial charge in [0.25, 0.3) is 0 Å². The van der Waals surface area contributed by atoms with Crippen LogP contribution in [-0.2, 0) is 14.3 Å². The van der Waals surface area contributed by atoms with Crippen molar-refractivity contribution in [3.05, 3.63) is 0 Å². The first-order valence-electron chi connectivity index (χ1n) is 8.08. The number of carbonyl (C=O) groups is 2. The maximum absolute atomic E-state index is 12.0. The zero-order valence-electron chi connectivity index (χ0n) is 14.1. The second-order valence-corrected chi connectivity index (χ2v) is 7.54. The molecule has 1 aliphatic carbocycles. The lowest BCUT2D eigenvalue weighted by Crippen LogP contribution is -2.39. The number of likely N-dealkylation sites (tertiary alicyclic amines) is 1. The van der Waals surface area contributed by atoms with Gasteiger partial charge in [-0.25, -0.2) is 4.79 Å². The predicted molar refractivity (Wildman–Crippen MR) is 82.6 cm³/mol. The Morgan fingerprint density at radius 1 is 1.32 bits per heavy atom. The fourth-order valence-corrected chi connectivity index (χ4v) is 2.45. The lowest BCUT2D eigenvalue weighted by Gasteiger charge is -2.27. The predicted octanol–water partition coefficient (Wildman–Crippen LogP) is 2.07. The molecule has 0 spiro atoms. The van der Waals surface area contributed by atoms with E-state index in [1.54, 1.807) is 4.90 Å². The van der Waals surface area contributed by atoms with Crippen molar-refractivity contribution in [3.63, 3.8) is 0 Å². The Balaban J connectivity index is 1.70. The van der Waals surface area contributed by atoms with E-state index in [1.165, 1.54) is 0 Å². The third-order valence-electron chi connectivity index (χ3n) is 3.81. The highest BCUT2D eigenvalue weighted by molar-refractivity contribution is 5.76. The summed E-state index contributed by atoms with van der Waals surface area (Å²) in [4.78, 5) is 25.3. The zero-order chi connectivity index (χ0) is 16.4. The van der Waals surface area contributed by atoms with Crippen LogP contribution in [0.2, 0.25) is 0 Å². The molecule has 0 aromatic carbocycles. The van der Waals surface area contributed by atoms with Crippen LogP contribution < -0.4 is 5.32 Å². The van der Waals surface area contributed by atoms with Gasteiger partial charge >= 0.3 is 6.09 Å². The second-order valence-electron chi connectivity index (χ2n) is 7.54. The van der Waals surface area contributed by atoms with E-state index in [4.69, 9.17) is 9.47 Å². The highest BCUT2D eigenvalue weighted by atomic mass is 16.6. The molecule has 0 radical (unpaired) electrons. The minimum Gasteiger partial charge on any atom is -0.444 e. The summed E-state index contributed by atoms with van der Waals surface area (Å²) in [6.45, 7) is 9.07. The van der Waals surface area contributed by atoms with Gasteiger partial charge in [-0.1, -0.05) is 0 Å². The van der Waals surface area contributed by atoms with Gasteiger partial charge in [-0.2, -0.15) is 0 Å². The molecule has 2 amide bonds. The van der Waals surface area contributed by atoms with E-state index < -0.39 is 11.2 Å². The van der Waals surface area contributed by atoms with E-state index in [1.807, 2.05) is 27.7 Å². The fraction of sp³-hybridized carbons (Fsp3) is 0.875. The molecule has 2 rings (SSSR count). The van der Waals surface area contributed by atoms with Gasteiger partial charge in [0.15, 0.2) is 0 Å². The Labute approximate surface area is 132 Å². The van der Waals surface area contributed by atoms with Crippen LogP contribution in [0.5, 0.6) is 0 Å². The van der Waals surface area contributed by atoms with Crippen molar-refractivity contribution in [1.29, 1.82) is 0 Å². The van der Waals surface area contributed by atoms with Gasteiger partial charge in [0.1, 0.15) is 5.60 Å². The van der Waals surface area contributed by atoms with E-state index in [0.29, 0.717) is 32.2 Å². The molecule has 1 saturated carbocycles. The Kier molecular flexibility index (Phi) is 5.00. The van der Waals surface area contributed by atoms with Crippen molar-refractivity contribution in [2.45, 2.75) is 70.6 Å². The summed E-state index contributed by atoms with van der Waals surface area (Å²) in [5.41, 5.74) is -0.880. The molecule has 22 heavy (non-hydrogen) atoms. The van der Waals surface area contributed by atoms with Crippen LogP contribution in [0.15, 0.2) is 0 Å². The highest BCUT2D eigenvalue weighted by Gasteiger charge is 2.38. The topological polar surface area (TPSA) is 67.9 Å². The third-order valence-corrected chi connectivity index (χ3v) is 3.81. The lowest BCUT2D eigenvalue weighted by molar-refractivity contribution is -0.123. The van der Waals surface area contributed by atoms with Gasteiger partial charge in [0, 0.05) is 19.0 Å². The summed E-state index contributed by atoms with van der Waals surface area (Å²) in [6, 6.07) is 0.386. The second kappa shape index (κ2) is 6.44. The first-order chi connectivity index (χ1) is 10.2. The monoisotopic (exact) mass is 312 g/mol. The Morgan fingerprint density at radius 3 is 2.59 bits per heavy atom. The van der Waals surface area contributed by atoms with Crippen LogP contribution in [0.4, 0.5) is 4.79 Å². The summed E-state index contributed by atoms with van der Waals surface area (Å²) in [6.07, 6.45) is 3.02. The Morgan fingerprint density at radius 2 is 2.00 bits per heavy atom. The normalized spacial score (nSPS) is 25.2. The molecule has 2 fully saturated rings. The van der Waals surface area contributed by atoms with Crippen LogP contribution in [0.25, 0.3) is 0 Å². The molecule has 126 valence electrons. The molecule has 0 bridgehead atoms. The minimum atomic E-state index is -0.488. The molecule has 1 atom stereocenters. The van der Waals surface area contributed by atoms with Gasteiger partial charge in [-0.3, -0.25) is 4.79 Å². The number of hydrogen-bond donors (Lipinski definition) is 1. The van der Waals surface area contributed by atoms with Crippen LogP contribution in [0.3, 0.4) is 0 Å². The molecule has 2 aliphatic rings. The van der Waals surface area contributed by atoms with Gasteiger partial charge in [0.05, 0.1) is 18.8 Å². The first-order valence-corrected chi connectivity index (χ1v) is 8.08. The number of rotatable bonds is 5. The van der Waals surface area contributed by atoms with Crippen LogP contribution in [0.1, 0.15) is 53.4 Å². The number of carbonyl (C=O) groups excluding carboxylic acids is 2. The Hall–Kier alpha value is -1.30. The molecular formula is C16H28N2O4. The summed E-state index contributed by atoms with van der Waals surface area (Å²) < 4.78 is 11.2. The molecule has 0 aromatic rings. The molecule has 6 heteroatoms. The van der Waals surface area contributed by atoms with Gasteiger partial charge in [-0.05, 0) is 47.0 Å². The smallest absolute Gasteiger partial charge is 0.410 e. The van der Waals surface area contributed by atoms with Crippen molar-refractivity contribution in [1.82, 2.24) is 10.2 Å². The van der Waals surface area contributed by atoms with Crippen LogP contribution in [-0.4, -0.2) is 53.8 Å². The molecule has 1 aliphatic heterocycles. The van der Waals surface area contributed by atoms with Crippen molar-refractivity contribution in [3.8, 4) is 0 Å². The van der Waals surface area contributed by atoms with E-state index in [-0.39, 0.29) is 12.0 Å². The van der Waals surface area contributed by atoms with E-state index in [0.717, 1.165) is 19.3 Å². The first kappa shape index (κ1) is 17.1. The molecular weight excluding hydrogens is 284 g/mol. The standard InChI is InChI=1S/C16H28N2O4/c1-15(2,3)22-14(20)18-9-8-16(4,11-18)21-10-7-13(19)17-12-5-6-12/h12H,5-11H2,1-4H3,(H,17,19). The fourth-order valence-electron chi connectivity index (χ4n) is 2.45. The van der Waals surface area contributed by atoms with Crippen LogP contribution >= 0.6 is 0 Å². The molecule has 1 unspecified atom stereocenters. The van der Waals surface area contributed by atoms with Crippen LogP contribution in [0, 0.1) is 0 Å². The number of amides is 2. The number of nitrogens with zero attached hydrogens (tertiary/aromatic N) is 1. The average Bonchev–Trinajstić information content (AvgIpc) is 3.08. The molecule has 1 N–H and O–H groups in total. The highest BCUT2D eigenvalue weighted by Crippen LogP contribution is 2.26. The summed E-state index contributed by atoms with van der Waals surface area (Å²) in [7, 11) is 0. The maximum atomic E-state index is 12.0. The van der Waals surface area contributed by atoms with E-state index in [9.17, 15) is 9.59 Å². The number of hydrogen-bond acceptors (Lipinski definition) is 4. The van der Waals surface area contributed by atoms with Crippen molar-refractivity contribution >= 4 is 12.0 Å². The number of nitrogens with one attached hydrogen (secondary N) is 1. The van der Waals surface area contributed by atoms with E-state index >= 15 is 0 Å². The van der Waals surface area contributed by atoms with Gasteiger partial charge in [-0.15, -0.1) is 0 Å².